The molecule has 2 aromatic rings. The maximum Gasteiger partial charge on any atom is 0.416 e. The van der Waals surface area contributed by atoms with Crippen molar-refractivity contribution in [1.29, 1.82) is 0 Å². The molecule has 0 radical (unpaired) electrons. The van der Waals surface area contributed by atoms with Crippen LogP contribution in [0.25, 0.3) is 0 Å². The van der Waals surface area contributed by atoms with Crippen LogP contribution in [-0.4, -0.2) is 10.9 Å². The molecule has 2 unspecified atom stereocenters. The van der Waals surface area contributed by atoms with Crippen molar-refractivity contribution in [1.82, 2.24) is 4.98 Å². The molecule has 3 nitrogen and oxygen atoms in total. The highest BCUT2D eigenvalue weighted by Crippen LogP contribution is 2.48. The number of anilines is 1. The van der Waals surface area contributed by atoms with E-state index in [2.05, 4.69) is 10.3 Å². The van der Waals surface area contributed by atoms with Crippen molar-refractivity contribution in [3.05, 3.63) is 46.5 Å². The lowest BCUT2D eigenvalue weighted by molar-refractivity contribution is -0.137. The monoisotopic (exact) mass is 326 g/mol. The third-order valence-electron chi connectivity index (χ3n) is 3.64. The van der Waals surface area contributed by atoms with Crippen molar-refractivity contribution >= 4 is 22.4 Å². The number of aryl methyl sites for hydroxylation is 1. The summed E-state index contributed by atoms with van der Waals surface area (Å²) in [6, 6.07) is 5.03. The van der Waals surface area contributed by atoms with E-state index in [0.29, 0.717) is 11.6 Å². The van der Waals surface area contributed by atoms with Gasteiger partial charge < -0.3 is 5.32 Å². The number of benzene rings is 1. The van der Waals surface area contributed by atoms with Gasteiger partial charge in [-0.25, -0.2) is 4.98 Å². The number of rotatable bonds is 3. The first-order valence-corrected chi connectivity index (χ1v) is 7.56. The van der Waals surface area contributed by atoms with Gasteiger partial charge in [-0.15, -0.1) is 11.3 Å². The summed E-state index contributed by atoms with van der Waals surface area (Å²) in [6.07, 6.45) is -2.00. The third-order valence-corrected chi connectivity index (χ3v) is 4.47. The minimum absolute atomic E-state index is 0.0108. The van der Waals surface area contributed by atoms with Gasteiger partial charge in [-0.3, -0.25) is 4.79 Å². The topological polar surface area (TPSA) is 42.0 Å². The number of carbonyl (C=O) groups excluding carboxylic acids is 1. The number of nitrogens with one attached hydrogen (secondary N) is 1. The lowest BCUT2D eigenvalue weighted by atomic mass is 10.1. The van der Waals surface area contributed by atoms with E-state index in [1.54, 1.807) is 6.20 Å². The predicted molar refractivity (Wildman–Crippen MR) is 77.8 cm³/mol. The number of carbonyl (C=O) groups is 1. The number of alkyl halides is 3. The van der Waals surface area contributed by atoms with Gasteiger partial charge >= 0.3 is 6.18 Å². The maximum atomic E-state index is 12.5. The molecule has 0 saturated heterocycles. The molecule has 22 heavy (non-hydrogen) atoms. The molecule has 3 rings (SSSR count). The normalized spacial score (nSPS) is 20.7. The molecule has 1 amide bonds. The molecule has 2 atom stereocenters. The van der Waals surface area contributed by atoms with E-state index in [-0.39, 0.29) is 17.7 Å². The van der Waals surface area contributed by atoms with Crippen LogP contribution in [0.2, 0.25) is 0 Å². The predicted octanol–water partition coefficient (Wildman–Crippen LogP) is 4.21. The number of aromatic nitrogens is 1. The molecule has 116 valence electrons. The van der Waals surface area contributed by atoms with Crippen LogP contribution in [0.4, 0.5) is 18.3 Å². The number of hydrogen-bond acceptors (Lipinski definition) is 3. The second-order valence-corrected chi connectivity index (χ2v) is 6.57. The zero-order chi connectivity index (χ0) is 15.9. The highest BCUT2D eigenvalue weighted by molar-refractivity contribution is 7.15. The average molecular weight is 326 g/mol. The van der Waals surface area contributed by atoms with Gasteiger partial charge in [0.1, 0.15) is 0 Å². The summed E-state index contributed by atoms with van der Waals surface area (Å²) in [5, 5.41) is 3.30. The van der Waals surface area contributed by atoms with Crippen LogP contribution in [0.1, 0.15) is 28.3 Å². The van der Waals surface area contributed by atoms with Crippen LogP contribution >= 0.6 is 11.3 Å². The molecule has 7 heteroatoms. The number of thiazole rings is 1. The van der Waals surface area contributed by atoms with E-state index >= 15 is 0 Å². The Labute approximate surface area is 129 Å². The van der Waals surface area contributed by atoms with E-state index in [9.17, 15) is 18.0 Å². The molecule has 1 fully saturated rings. The molecule has 1 aromatic carbocycles. The summed E-state index contributed by atoms with van der Waals surface area (Å²) in [5.41, 5.74) is 0.0969. The standard InChI is InChI=1S/C15H13F3N2OS/c1-8-7-19-14(22-8)20-13(21)12-6-11(12)9-2-4-10(5-3-9)15(16,17)18/h2-5,7,11-12H,6H2,1H3,(H,19,20,21). The van der Waals surface area contributed by atoms with Crippen LogP contribution < -0.4 is 5.32 Å². The van der Waals surface area contributed by atoms with E-state index in [1.165, 1.54) is 23.5 Å². The van der Waals surface area contributed by atoms with Gasteiger partial charge in [0.05, 0.1) is 5.56 Å². The number of hydrogen-bond donors (Lipinski definition) is 1. The Balaban J connectivity index is 1.63. The Morgan fingerprint density at radius 1 is 1.32 bits per heavy atom. The van der Waals surface area contributed by atoms with E-state index < -0.39 is 11.7 Å². The van der Waals surface area contributed by atoms with E-state index in [0.717, 1.165) is 22.6 Å². The summed E-state index contributed by atoms with van der Waals surface area (Å²) in [5.74, 6) is -0.330. The van der Waals surface area contributed by atoms with Crippen molar-refractivity contribution in [2.75, 3.05) is 5.32 Å². The van der Waals surface area contributed by atoms with Crippen LogP contribution in [0.3, 0.4) is 0 Å². The molecule has 1 N–H and O–H groups in total. The average Bonchev–Trinajstić information content (AvgIpc) is 3.16. The lowest BCUT2D eigenvalue weighted by Gasteiger charge is -2.07. The number of nitrogens with zero attached hydrogens (tertiary/aromatic N) is 1. The fraction of sp³-hybridized carbons (Fsp3) is 0.333. The van der Waals surface area contributed by atoms with Crippen molar-refractivity contribution < 1.29 is 18.0 Å². The number of halogens is 3. The Bertz CT molecular complexity index is 694. The van der Waals surface area contributed by atoms with Crippen molar-refractivity contribution in [3.63, 3.8) is 0 Å². The lowest BCUT2D eigenvalue weighted by Crippen LogP contribution is -2.14. The van der Waals surface area contributed by atoms with Crippen molar-refractivity contribution in [2.24, 2.45) is 5.92 Å². The smallest absolute Gasteiger partial charge is 0.302 e. The van der Waals surface area contributed by atoms with Gasteiger partial charge in [0.2, 0.25) is 5.91 Å². The summed E-state index contributed by atoms with van der Waals surface area (Å²) in [7, 11) is 0. The van der Waals surface area contributed by atoms with Crippen molar-refractivity contribution in [2.45, 2.75) is 25.4 Å². The molecule has 1 saturated carbocycles. The SMILES string of the molecule is Cc1cnc(NC(=O)C2CC2c2ccc(C(F)(F)F)cc2)s1. The summed E-state index contributed by atoms with van der Waals surface area (Å²) in [4.78, 5) is 17.1. The number of amides is 1. The molecule has 1 heterocycles. The van der Waals surface area contributed by atoms with Gasteiger partial charge in [0.15, 0.2) is 5.13 Å². The van der Waals surface area contributed by atoms with Gasteiger partial charge in [0, 0.05) is 17.0 Å². The quantitative estimate of drug-likeness (QED) is 0.918. The first kappa shape index (κ1) is 15.0. The first-order chi connectivity index (χ1) is 10.3. The van der Waals surface area contributed by atoms with Gasteiger partial charge in [-0.2, -0.15) is 13.2 Å². The van der Waals surface area contributed by atoms with Crippen LogP contribution in [0, 0.1) is 12.8 Å². The zero-order valence-corrected chi connectivity index (χ0v) is 12.5. The summed E-state index contributed by atoms with van der Waals surface area (Å²) < 4.78 is 37.5. The van der Waals surface area contributed by atoms with Crippen LogP contribution in [0.15, 0.2) is 30.5 Å². The molecule has 1 aromatic heterocycles. The highest BCUT2D eigenvalue weighted by Gasteiger charge is 2.44. The Kier molecular flexibility index (Phi) is 3.68. The van der Waals surface area contributed by atoms with Gasteiger partial charge in [0.25, 0.3) is 0 Å². The fourth-order valence-corrected chi connectivity index (χ4v) is 3.05. The van der Waals surface area contributed by atoms with Gasteiger partial charge in [-0.05, 0) is 37.0 Å². The molecule has 1 aliphatic carbocycles. The zero-order valence-electron chi connectivity index (χ0n) is 11.6. The van der Waals surface area contributed by atoms with E-state index in [1.807, 2.05) is 6.92 Å². The minimum Gasteiger partial charge on any atom is -0.302 e. The van der Waals surface area contributed by atoms with Crippen molar-refractivity contribution in [3.8, 4) is 0 Å². The molecular formula is C15H13F3N2OS. The summed E-state index contributed by atoms with van der Waals surface area (Å²) in [6.45, 7) is 1.90. The third kappa shape index (κ3) is 3.14. The summed E-state index contributed by atoms with van der Waals surface area (Å²) >= 11 is 1.39. The Hall–Kier alpha value is -1.89. The fourth-order valence-electron chi connectivity index (χ4n) is 2.38. The van der Waals surface area contributed by atoms with Gasteiger partial charge in [-0.1, -0.05) is 12.1 Å². The second kappa shape index (κ2) is 5.39. The second-order valence-electron chi connectivity index (χ2n) is 5.33. The molecule has 0 aliphatic heterocycles. The van der Waals surface area contributed by atoms with Crippen LogP contribution in [-0.2, 0) is 11.0 Å². The molecule has 0 spiro atoms. The molecular weight excluding hydrogens is 313 g/mol. The highest BCUT2D eigenvalue weighted by atomic mass is 32.1. The minimum atomic E-state index is -4.33. The van der Waals surface area contributed by atoms with Crippen LogP contribution in [0.5, 0.6) is 0 Å². The first-order valence-electron chi connectivity index (χ1n) is 6.75. The Morgan fingerprint density at radius 2 is 2.00 bits per heavy atom. The maximum absolute atomic E-state index is 12.5. The van der Waals surface area contributed by atoms with E-state index in [4.69, 9.17) is 0 Å². The molecule has 0 bridgehead atoms. The Morgan fingerprint density at radius 3 is 2.55 bits per heavy atom. The largest absolute Gasteiger partial charge is 0.416 e. The molecule has 1 aliphatic rings.